The van der Waals surface area contributed by atoms with E-state index in [0.717, 1.165) is 11.3 Å². The van der Waals surface area contributed by atoms with Crippen molar-refractivity contribution in [1.29, 1.82) is 0 Å². The molecule has 0 radical (unpaired) electrons. The summed E-state index contributed by atoms with van der Waals surface area (Å²) < 4.78 is 5.29. The molecule has 0 amide bonds. The number of ether oxygens (including phenoxy) is 1. The second kappa shape index (κ2) is 3.83. The lowest BCUT2D eigenvalue weighted by Crippen LogP contribution is -2.36. The minimum absolute atomic E-state index is 0.0221. The Morgan fingerprint density at radius 3 is 2.44 bits per heavy atom. The van der Waals surface area contributed by atoms with Gasteiger partial charge >= 0.3 is 0 Å². The molecule has 0 bridgehead atoms. The van der Waals surface area contributed by atoms with Gasteiger partial charge in [-0.3, -0.25) is 4.79 Å². The van der Waals surface area contributed by atoms with E-state index in [-0.39, 0.29) is 11.7 Å². The van der Waals surface area contributed by atoms with Gasteiger partial charge in [0.2, 0.25) is 0 Å². The van der Waals surface area contributed by atoms with Crippen LogP contribution in [-0.2, 0) is 9.53 Å². The van der Waals surface area contributed by atoms with Gasteiger partial charge in [0.25, 0.3) is 5.72 Å². The smallest absolute Gasteiger partial charge is 0.263 e. The largest absolute Gasteiger partial charge is 0.346 e. The average molecular weight is 217 g/mol. The normalized spacial score (nSPS) is 23.1. The lowest BCUT2D eigenvalue weighted by atomic mass is 9.97. The number of aliphatic imine (C=N–C) groups is 1. The highest BCUT2D eigenvalue weighted by Gasteiger charge is 2.55. The van der Waals surface area contributed by atoms with Crippen LogP contribution in [-0.4, -0.2) is 24.3 Å². The van der Waals surface area contributed by atoms with Crippen molar-refractivity contribution in [3.63, 3.8) is 0 Å². The van der Waals surface area contributed by atoms with Crippen LogP contribution in [0.2, 0.25) is 0 Å². The van der Waals surface area contributed by atoms with E-state index in [1.165, 1.54) is 7.11 Å². The van der Waals surface area contributed by atoms with Gasteiger partial charge in [0.1, 0.15) is 5.71 Å². The van der Waals surface area contributed by atoms with Gasteiger partial charge in [-0.15, -0.1) is 0 Å². The topological polar surface area (TPSA) is 38.7 Å². The molecule has 16 heavy (non-hydrogen) atoms. The quantitative estimate of drug-likeness (QED) is 0.774. The number of rotatable bonds is 4. The number of hydrogen-bond donors (Lipinski definition) is 0. The summed E-state index contributed by atoms with van der Waals surface area (Å²) in [4.78, 5) is 16.2. The van der Waals surface area contributed by atoms with E-state index in [2.05, 4.69) is 4.99 Å². The van der Waals surface area contributed by atoms with Gasteiger partial charge in [0.05, 0.1) is 0 Å². The fourth-order valence-corrected chi connectivity index (χ4v) is 1.79. The molecule has 3 heteroatoms. The maximum atomic E-state index is 12.0. The van der Waals surface area contributed by atoms with Crippen LogP contribution in [0.4, 0.5) is 0 Å². The number of benzene rings is 1. The van der Waals surface area contributed by atoms with Crippen molar-refractivity contribution in [1.82, 2.24) is 0 Å². The first-order chi connectivity index (χ1) is 7.62. The van der Waals surface area contributed by atoms with Crippen LogP contribution < -0.4 is 0 Å². The second-order valence-corrected chi connectivity index (χ2v) is 4.19. The highest BCUT2D eigenvalue weighted by molar-refractivity contribution is 6.29. The van der Waals surface area contributed by atoms with Crippen molar-refractivity contribution in [2.24, 2.45) is 10.9 Å². The van der Waals surface area contributed by atoms with E-state index in [9.17, 15) is 4.79 Å². The Labute approximate surface area is 95.2 Å². The molecule has 1 aliphatic heterocycles. The lowest BCUT2D eigenvalue weighted by Gasteiger charge is -2.14. The van der Waals surface area contributed by atoms with E-state index < -0.39 is 5.72 Å². The van der Waals surface area contributed by atoms with E-state index in [0.29, 0.717) is 0 Å². The molecule has 2 rings (SSSR count). The summed E-state index contributed by atoms with van der Waals surface area (Å²) in [6, 6.07) is 9.67. The molecule has 1 aromatic rings. The van der Waals surface area contributed by atoms with Crippen LogP contribution in [0, 0.1) is 5.92 Å². The van der Waals surface area contributed by atoms with Crippen molar-refractivity contribution < 1.29 is 9.53 Å². The van der Waals surface area contributed by atoms with Gasteiger partial charge in [-0.05, 0) is 0 Å². The number of methoxy groups -OCH3 is 1. The summed E-state index contributed by atoms with van der Waals surface area (Å²) >= 11 is 0. The second-order valence-electron chi connectivity index (χ2n) is 4.19. The SMILES string of the molecule is COC1(C(=O)C(C)C)N=C1c1ccccc1. The molecule has 0 aromatic heterocycles. The Bertz CT molecular complexity index is 437. The standard InChI is InChI=1S/C13H15NO2/c1-9(2)12(15)13(16-3)11(14-13)10-7-5-4-6-8-10/h4-9H,1-3H3. The summed E-state index contributed by atoms with van der Waals surface area (Å²) in [6.45, 7) is 3.72. The molecule has 0 saturated carbocycles. The summed E-state index contributed by atoms with van der Waals surface area (Å²) in [5, 5.41) is 0. The molecule has 1 aromatic carbocycles. The molecule has 0 aliphatic carbocycles. The molecular formula is C13H15NO2. The minimum Gasteiger partial charge on any atom is -0.346 e. The Morgan fingerprint density at radius 2 is 1.94 bits per heavy atom. The first-order valence-electron chi connectivity index (χ1n) is 5.37. The first-order valence-corrected chi connectivity index (χ1v) is 5.37. The minimum atomic E-state index is -1.00. The molecular weight excluding hydrogens is 202 g/mol. The molecule has 0 fully saturated rings. The van der Waals surface area contributed by atoms with Gasteiger partial charge in [0.15, 0.2) is 5.78 Å². The molecule has 0 spiro atoms. The third kappa shape index (κ3) is 1.57. The Hall–Kier alpha value is -1.48. The molecule has 1 heterocycles. The van der Waals surface area contributed by atoms with E-state index >= 15 is 0 Å². The predicted octanol–water partition coefficient (Wildman–Crippen LogP) is 2.06. The summed E-state index contributed by atoms with van der Waals surface area (Å²) in [5.41, 5.74) is 0.697. The van der Waals surface area contributed by atoms with Crippen LogP contribution >= 0.6 is 0 Å². The summed E-state index contributed by atoms with van der Waals surface area (Å²) in [6.07, 6.45) is 0. The molecule has 1 atom stereocenters. The molecule has 0 saturated heterocycles. The predicted molar refractivity (Wildman–Crippen MR) is 62.6 cm³/mol. The molecule has 3 nitrogen and oxygen atoms in total. The molecule has 84 valence electrons. The lowest BCUT2D eigenvalue weighted by molar-refractivity contribution is -0.133. The highest BCUT2D eigenvalue weighted by Crippen LogP contribution is 2.36. The van der Waals surface area contributed by atoms with Crippen molar-refractivity contribution in [3.05, 3.63) is 35.9 Å². The summed E-state index contributed by atoms with van der Waals surface area (Å²) in [7, 11) is 1.53. The highest BCUT2D eigenvalue weighted by atomic mass is 16.5. The van der Waals surface area contributed by atoms with Gasteiger partial charge in [0, 0.05) is 18.6 Å². The molecule has 1 aliphatic rings. The molecule has 1 unspecified atom stereocenters. The monoisotopic (exact) mass is 217 g/mol. The van der Waals surface area contributed by atoms with E-state index in [1.807, 2.05) is 44.2 Å². The fraction of sp³-hybridized carbons (Fsp3) is 0.385. The van der Waals surface area contributed by atoms with Gasteiger partial charge < -0.3 is 4.74 Å². The third-order valence-corrected chi connectivity index (χ3v) is 2.74. The van der Waals surface area contributed by atoms with Crippen LogP contribution in [0.1, 0.15) is 19.4 Å². The van der Waals surface area contributed by atoms with Crippen molar-refractivity contribution in [2.75, 3.05) is 7.11 Å². The number of carbonyl (C=O) groups is 1. The van der Waals surface area contributed by atoms with Crippen molar-refractivity contribution in [2.45, 2.75) is 19.6 Å². The van der Waals surface area contributed by atoms with Crippen LogP contribution in [0.3, 0.4) is 0 Å². The van der Waals surface area contributed by atoms with Crippen LogP contribution in [0.5, 0.6) is 0 Å². The maximum Gasteiger partial charge on any atom is 0.263 e. The first kappa shape index (κ1) is 11.0. The number of Topliss-reactive ketones (excluding diaryl/α,β-unsaturated/α-hetero) is 1. The van der Waals surface area contributed by atoms with Crippen LogP contribution in [0.15, 0.2) is 35.3 Å². The zero-order valence-corrected chi connectivity index (χ0v) is 9.73. The third-order valence-electron chi connectivity index (χ3n) is 2.74. The van der Waals surface area contributed by atoms with E-state index in [1.54, 1.807) is 0 Å². The number of ketones is 1. The Morgan fingerprint density at radius 1 is 1.31 bits per heavy atom. The molecule has 0 N–H and O–H groups in total. The average Bonchev–Trinajstić information content (AvgIpc) is 3.05. The number of nitrogens with zero attached hydrogens (tertiary/aromatic N) is 1. The summed E-state index contributed by atoms with van der Waals surface area (Å²) in [5.74, 6) is -0.0567. The van der Waals surface area contributed by atoms with Crippen molar-refractivity contribution in [3.8, 4) is 0 Å². The zero-order valence-electron chi connectivity index (χ0n) is 9.73. The Kier molecular flexibility index (Phi) is 2.64. The number of hydrogen-bond acceptors (Lipinski definition) is 3. The Balaban J connectivity index is 2.24. The van der Waals surface area contributed by atoms with Gasteiger partial charge in [-0.25, -0.2) is 4.99 Å². The fourth-order valence-electron chi connectivity index (χ4n) is 1.79. The number of carbonyl (C=O) groups excluding carboxylic acids is 1. The van der Waals surface area contributed by atoms with E-state index in [4.69, 9.17) is 4.74 Å². The van der Waals surface area contributed by atoms with Gasteiger partial charge in [-0.2, -0.15) is 0 Å². The zero-order chi connectivity index (χ0) is 11.8. The van der Waals surface area contributed by atoms with Crippen LogP contribution in [0.25, 0.3) is 0 Å². The van der Waals surface area contributed by atoms with Crippen molar-refractivity contribution >= 4 is 11.5 Å². The maximum absolute atomic E-state index is 12.0. The van der Waals surface area contributed by atoms with Gasteiger partial charge in [-0.1, -0.05) is 44.2 Å².